The summed E-state index contributed by atoms with van der Waals surface area (Å²) >= 11 is 13.6. The third-order valence-electron chi connectivity index (χ3n) is 5.25. The fourth-order valence-electron chi connectivity index (χ4n) is 3.57. The highest BCUT2D eigenvalue weighted by Gasteiger charge is 2.39. The van der Waals surface area contributed by atoms with Crippen molar-refractivity contribution in [3.63, 3.8) is 0 Å². The van der Waals surface area contributed by atoms with Crippen LogP contribution in [0.1, 0.15) is 16.8 Å². The molecule has 1 aliphatic rings. The first-order valence-corrected chi connectivity index (χ1v) is 12.9. The lowest BCUT2D eigenvalue weighted by Gasteiger charge is -2.34. The van der Waals surface area contributed by atoms with Crippen molar-refractivity contribution in [2.24, 2.45) is 0 Å². The van der Waals surface area contributed by atoms with Gasteiger partial charge in [-0.3, -0.25) is 0 Å². The van der Waals surface area contributed by atoms with E-state index in [0.29, 0.717) is 29.6 Å². The molecule has 0 spiro atoms. The fraction of sp³-hybridized carbons (Fsp3) is 0.286. The van der Waals surface area contributed by atoms with E-state index in [9.17, 15) is 21.6 Å². The molecule has 3 aromatic rings. The van der Waals surface area contributed by atoms with Crippen molar-refractivity contribution in [1.82, 2.24) is 9.29 Å². The summed E-state index contributed by atoms with van der Waals surface area (Å²) in [6, 6.07) is 9.52. The predicted molar refractivity (Wildman–Crippen MR) is 124 cm³/mol. The van der Waals surface area contributed by atoms with Crippen LogP contribution in [0.15, 0.2) is 52.7 Å². The van der Waals surface area contributed by atoms with Crippen molar-refractivity contribution >= 4 is 49.7 Å². The Labute approximate surface area is 203 Å². The molecule has 0 aliphatic carbocycles. The Morgan fingerprint density at radius 2 is 1.73 bits per heavy atom. The van der Waals surface area contributed by atoms with Gasteiger partial charge in [0.2, 0.25) is 10.0 Å². The van der Waals surface area contributed by atoms with Crippen molar-refractivity contribution < 1.29 is 21.6 Å². The SMILES string of the molecule is O=S(=O)(c1ccccc1C(F)(F)F)N1CCN(c2nc(Cc3ccc(Cl)cc3Cl)cs2)CC1. The molecule has 2 aromatic carbocycles. The van der Waals surface area contributed by atoms with Crippen LogP contribution in [-0.2, 0) is 22.6 Å². The van der Waals surface area contributed by atoms with E-state index < -0.39 is 26.7 Å². The Morgan fingerprint density at radius 1 is 1.03 bits per heavy atom. The van der Waals surface area contributed by atoms with Crippen molar-refractivity contribution in [2.45, 2.75) is 17.5 Å². The number of hydrogen-bond acceptors (Lipinski definition) is 5. The molecular weight excluding hydrogens is 518 g/mol. The molecule has 176 valence electrons. The highest BCUT2D eigenvalue weighted by Crippen LogP contribution is 2.35. The molecule has 33 heavy (non-hydrogen) atoms. The Balaban J connectivity index is 1.45. The summed E-state index contributed by atoms with van der Waals surface area (Å²) in [7, 11) is -4.28. The lowest BCUT2D eigenvalue weighted by atomic mass is 10.1. The highest BCUT2D eigenvalue weighted by molar-refractivity contribution is 7.89. The number of aromatic nitrogens is 1. The number of sulfonamides is 1. The van der Waals surface area contributed by atoms with Crippen LogP contribution >= 0.6 is 34.5 Å². The summed E-state index contributed by atoms with van der Waals surface area (Å²) in [6.45, 7) is 0.767. The maximum absolute atomic E-state index is 13.3. The molecule has 0 unspecified atom stereocenters. The van der Waals surface area contributed by atoms with Gasteiger partial charge in [0.25, 0.3) is 0 Å². The Bertz CT molecular complexity index is 1260. The number of rotatable bonds is 5. The summed E-state index contributed by atoms with van der Waals surface area (Å²) < 4.78 is 66.9. The molecule has 0 amide bonds. The lowest BCUT2D eigenvalue weighted by Crippen LogP contribution is -2.49. The van der Waals surface area contributed by atoms with Crippen LogP contribution in [-0.4, -0.2) is 43.9 Å². The van der Waals surface area contributed by atoms with E-state index in [-0.39, 0.29) is 13.1 Å². The van der Waals surface area contributed by atoms with E-state index in [4.69, 9.17) is 23.2 Å². The molecule has 1 aromatic heterocycles. The molecular formula is C21H18Cl2F3N3O2S2. The van der Waals surface area contributed by atoms with Gasteiger partial charge in [0, 0.05) is 48.0 Å². The van der Waals surface area contributed by atoms with Crippen LogP contribution in [0, 0.1) is 0 Å². The van der Waals surface area contributed by atoms with Crippen LogP contribution in [0.5, 0.6) is 0 Å². The van der Waals surface area contributed by atoms with Gasteiger partial charge in [0.1, 0.15) is 0 Å². The Morgan fingerprint density at radius 3 is 2.39 bits per heavy atom. The molecule has 1 saturated heterocycles. The third-order valence-corrected chi connectivity index (χ3v) is 8.74. The van der Waals surface area contributed by atoms with E-state index in [1.54, 1.807) is 12.1 Å². The standard InChI is InChI=1S/C21H18Cl2F3N3O2S2/c22-15-6-5-14(18(23)12-15)11-16-13-32-20(27-16)28-7-9-29(10-8-28)33(30,31)19-4-2-1-3-17(19)21(24,25)26/h1-6,12-13H,7-11H2. The zero-order chi connectivity index (χ0) is 23.8. The fourth-order valence-corrected chi connectivity index (χ4v) is 6.56. The smallest absolute Gasteiger partial charge is 0.345 e. The minimum atomic E-state index is -4.75. The summed E-state index contributed by atoms with van der Waals surface area (Å²) in [4.78, 5) is 5.83. The second-order valence-electron chi connectivity index (χ2n) is 7.42. The molecule has 4 rings (SSSR count). The monoisotopic (exact) mass is 535 g/mol. The first kappa shape index (κ1) is 24.3. The number of benzene rings is 2. The molecule has 0 saturated carbocycles. The van der Waals surface area contributed by atoms with Gasteiger partial charge < -0.3 is 4.90 Å². The minimum absolute atomic E-state index is 0.0620. The minimum Gasteiger partial charge on any atom is -0.345 e. The maximum Gasteiger partial charge on any atom is 0.417 e. The van der Waals surface area contributed by atoms with Crippen LogP contribution in [0.2, 0.25) is 10.0 Å². The van der Waals surface area contributed by atoms with Crippen LogP contribution in [0.25, 0.3) is 0 Å². The van der Waals surface area contributed by atoms with E-state index in [1.165, 1.54) is 23.5 Å². The number of halogens is 5. The number of thiazole rings is 1. The number of nitrogens with zero attached hydrogens (tertiary/aromatic N) is 3. The van der Waals surface area contributed by atoms with Gasteiger partial charge in [0.15, 0.2) is 5.13 Å². The summed E-state index contributed by atoms with van der Waals surface area (Å²) in [5, 5.41) is 3.73. The van der Waals surface area contributed by atoms with E-state index >= 15 is 0 Å². The highest BCUT2D eigenvalue weighted by atomic mass is 35.5. The van der Waals surface area contributed by atoms with E-state index in [0.717, 1.165) is 32.8 Å². The van der Waals surface area contributed by atoms with Crippen LogP contribution < -0.4 is 4.90 Å². The quantitative estimate of drug-likeness (QED) is 0.428. The molecule has 0 bridgehead atoms. The largest absolute Gasteiger partial charge is 0.417 e. The summed E-state index contributed by atoms with van der Waals surface area (Å²) in [5.41, 5.74) is 0.545. The van der Waals surface area contributed by atoms with Gasteiger partial charge in [-0.1, -0.05) is 41.4 Å². The number of alkyl halides is 3. The van der Waals surface area contributed by atoms with Gasteiger partial charge in [-0.05, 0) is 29.8 Å². The van der Waals surface area contributed by atoms with Gasteiger partial charge >= 0.3 is 6.18 Å². The summed E-state index contributed by atoms with van der Waals surface area (Å²) in [5.74, 6) is 0. The maximum atomic E-state index is 13.3. The van der Waals surface area contributed by atoms with Gasteiger partial charge in [-0.15, -0.1) is 11.3 Å². The van der Waals surface area contributed by atoms with Crippen LogP contribution in [0.3, 0.4) is 0 Å². The Hall–Kier alpha value is -1.85. The van der Waals surface area contributed by atoms with Crippen molar-refractivity contribution in [2.75, 3.05) is 31.1 Å². The first-order chi connectivity index (χ1) is 15.6. The van der Waals surface area contributed by atoms with E-state index in [1.807, 2.05) is 16.3 Å². The molecule has 12 heteroatoms. The second-order valence-corrected chi connectivity index (χ2v) is 11.0. The molecule has 1 aliphatic heterocycles. The molecule has 1 fully saturated rings. The zero-order valence-electron chi connectivity index (χ0n) is 17.0. The average molecular weight is 536 g/mol. The van der Waals surface area contributed by atoms with Gasteiger partial charge in [-0.2, -0.15) is 17.5 Å². The zero-order valence-corrected chi connectivity index (χ0v) is 20.2. The van der Waals surface area contributed by atoms with Gasteiger partial charge in [-0.25, -0.2) is 13.4 Å². The molecule has 0 atom stereocenters. The predicted octanol–water partition coefficient (Wildman–Crippen LogP) is 5.57. The normalized spacial score (nSPS) is 15.7. The number of anilines is 1. The lowest BCUT2D eigenvalue weighted by molar-refractivity contribution is -0.139. The molecule has 0 N–H and O–H groups in total. The topological polar surface area (TPSA) is 53.5 Å². The van der Waals surface area contributed by atoms with Gasteiger partial charge in [0.05, 0.1) is 16.2 Å². The van der Waals surface area contributed by atoms with Crippen molar-refractivity contribution in [3.05, 3.63) is 74.7 Å². The van der Waals surface area contributed by atoms with E-state index in [2.05, 4.69) is 4.98 Å². The number of hydrogen-bond donors (Lipinski definition) is 0. The van der Waals surface area contributed by atoms with Crippen molar-refractivity contribution in [1.29, 1.82) is 0 Å². The Kier molecular flexibility index (Phi) is 6.93. The molecule has 5 nitrogen and oxygen atoms in total. The number of piperazine rings is 1. The van der Waals surface area contributed by atoms with Crippen LogP contribution in [0.4, 0.5) is 18.3 Å². The van der Waals surface area contributed by atoms with Crippen molar-refractivity contribution in [3.8, 4) is 0 Å². The second kappa shape index (κ2) is 9.42. The first-order valence-electron chi connectivity index (χ1n) is 9.85. The molecule has 0 radical (unpaired) electrons. The average Bonchev–Trinajstić information content (AvgIpc) is 3.24. The third kappa shape index (κ3) is 5.30. The molecule has 2 heterocycles. The summed E-state index contributed by atoms with van der Waals surface area (Å²) in [6.07, 6.45) is -4.23.